The second-order valence-electron chi connectivity index (χ2n) is 4.40. The molecular formula is C14H11BrN2O3. The molecule has 0 spiro atoms. The Morgan fingerprint density at radius 1 is 1.25 bits per heavy atom. The molecule has 0 aliphatic carbocycles. The number of nitrogens with zero attached hydrogens (tertiary/aromatic N) is 1. The van der Waals surface area contributed by atoms with Crippen LogP contribution >= 0.6 is 15.9 Å². The molecule has 0 atom stereocenters. The van der Waals surface area contributed by atoms with Gasteiger partial charge in [-0.15, -0.1) is 0 Å². The van der Waals surface area contributed by atoms with E-state index in [0.29, 0.717) is 16.8 Å². The lowest BCUT2D eigenvalue weighted by atomic mass is 10.2. The van der Waals surface area contributed by atoms with Gasteiger partial charge in [0.2, 0.25) is 0 Å². The van der Waals surface area contributed by atoms with Gasteiger partial charge in [-0.3, -0.25) is 14.5 Å². The third-order valence-electron chi connectivity index (χ3n) is 3.07. The standard InChI is InChI=1S/C14H11BrN2O3/c15-10-6-16-14(19)12-13(10)20-8-11(18)17(12)7-9-4-2-1-3-5-9/h1-6H,7-8H2,(H,16,19). The Morgan fingerprint density at radius 2 is 2.00 bits per heavy atom. The summed E-state index contributed by atoms with van der Waals surface area (Å²) < 4.78 is 5.98. The summed E-state index contributed by atoms with van der Waals surface area (Å²) in [7, 11) is 0. The first-order valence-corrected chi connectivity index (χ1v) is 6.84. The number of carbonyl (C=O) groups excluding carboxylic acids is 1. The van der Waals surface area contributed by atoms with Crippen LogP contribution in [0.2, 0.25) is 0 Å². The Balaban J connectivity index is 2.06. The minimum Gasteiger partial charge on any atom is -0.480 e. The van der Waals surface area contributed by atoms with Crippen molar-refractivity contribution in [3.8, 4) is 5.75 Å². The van der Waals surface area contributed by atoms with E-state index in [1.165, 1.54) is 11.1 Å². The number of nitrogens with one attached hydrogen (secondary N) is 1. The highest BCUT2D eigenvalue weighted by Gasteiger charge is 2.30. The van der Waals surface area contributed by atoms with Gasteiger partial charge in [-0.25, -0.2) is 0 Å². The van der Waals surface area contributed by atoms with E-state index in [0.717, 1.165) is 5.56 Å². The van der Waals surface area contributed by atoms with Crippen LogP contribution in [0.4, 0.5) is 5.69 Å². The monoisotopic (exact) mass is 334 g/mol. The van der Waals surface area contributed by atoms with Crippen LogP contribution in [0.5, 0.6) is 5.75 Å². The number of H-pyrrole nitrogens is 1. The molecule has 0 saturated heterocycles. The molecule has 3 rings (SSSR count). The van der Waals surface area contributed by atoms with Gasteiger partial charge >= 0.3 is 0 Å². The summed E-state index contributed by atoms with van der Waals surface area (Å²) in [6.45, 7) is 0.275. The molecule has 0 radical (unpaired) electrons. The van der Waals surface area contributed by atoms with Gasteiger partial charge in [0.1, 0.15) is 0 Å². The van der Waals surface area contributed by atoms with Crippen molar-refractivity contribution in [1.82, 2.24) is 4.98 Å². The Bertz CT molecular complexity index is 712. The van der Waals surface area contributed by atoms with Crippen molar-refractivity contribution in [3.63, 3.8) is 0 Å². The molecule has 102 valence electrons. The SMILES string of the molecule is O=C1COc2c(Br)c[nH]c(=O)c2N1Cc1ccccc1. The number of hydrogen-bond donors (Lipinski definition) is 1. The van der Waals surface area contributed by atoms with E-state index in [1.54, 1.807) is 0 Å². The molecule has 2 aromatic rings. The minimum absolute atomic E-state index is 0.0676. The number of ether oxygens (including phenoxy) is 1. The minimum atomic E-state index is -0.341. The number of rotatable bonds is 2. The lowest BCUT2D eigenvalue weighted by molar-refractivity contribution is -0.121. The number of aromatic nitrogens is 1. The van der Waals surface area contributed by atoms with E-state index in [9.17, 15) is 9.59 Å². The van der Waals surface area contributed by atoms with Crippen LogP contribution in [-0.2, 0) is 11.3 Å². The van der Waals surface area contributed by atoms with Gasteiger partial charge in [0.25, 0.3) is 11.5 Å². The zero-order valence-electron chi connectivity index (χ0n) is 10.4. The highest BCUT2D eigenvalue weighted by molar-refractivity contribution is 9.10. The average Bonchev–Trinajstić information content (AvgIpc) is 2.46. The first-order chi connectivity index (χ1) is 9.66. The van der Waals surface area contributed by atoms with Crippen molar-refractivity contribution in [1.29, 1.82) is 0 Å². The summed E-state index contributed by atoms with van der Waals surface area (Å²) in [6, 6.07) is 9.52. The van der Waals surface area contributed by atoms with E-state index in [2.05, 4.69) is 20.9 Å². The van der Waals surface area contributed by atoms with Crippen LogP contribution in [-0.4, -0.2) is 17.5 Å². The lowest BCUT2D eigenvalue weighted by Crippen LogP contribution is -2.41. The van der Waals surface area contributed by atoms with Crippen molar-refractivity contribution >= 4 is 27.5 Å². The van der Waals surface area contributed by atoms with E-state index in [1.807, 2.05) is 30.3 Å². The number of hydrogen-bond acceptors (Lipinski definition) is 3. The van der Waals surface area contributed by atoms with Gasteiger partial charge < -0.3 is 9.72 Å². The third-order valence-corrected chi connectivity index (χ3v) is 3.66. The average molecular weight is 335 g/mol. The zero-order chi connectivity index (χ0) is 14.1. The molecule has 1 aliphatic heterocycles. The predicted molar refractivity (Wildman–Crippen MR) is 77.9 cm³/mol. The highest BCUT2D eigenvalue weighted by atomic mass is 79.9. The fourth-order valence-electron chi connectivity index (χ4n) is 2.13. The molecule has 1 aliphatic rings. The van der Waals surface area contributed by atoms with Crippen LogP contribution in [0, 0.1) is 0 Å². The fraction of sp³-hybridized carbons (Fsp3) is 0.143. The molecule has 6 heteroatoms. The number of amides is 1. The fourth-order valence-corrected chi connectivity index (χ4v) is 2.55. The van der Waals surface area contributed by atoms with Gasteiger partial charge in [0.15, 0.2) is 18.0 Å². The molecule has 1 aromatic carbocycles. The number of fused-ring (bicyclic) bond motifs is 1. The lowest BCUT2D eigenvalue weighted by Gasteiger charge is -2.28. The first kappa shape index (κ1) is 12.9. The summed E-state index contributed by atoms with van der Waals surface area (Å²) in [4.78, 5) is 28.1. The quantitative estimate of drug-likeness (QED) is 0.914. The smallest absolute Gasteiger partial charge is 0.275 e. The van der Waals surface area contributed by atoms with Crippen molar-refractivity contribution in [2.75, 3.05) is 11.5 Å². The van der Waals surface area contributed by atoms with Crippen molar-refractivity contribution in [3.05, 3.63) is 56.9 Å². The van der Waals surface area contributed by atoms with Gasteiger partial charge in [-0.05, 0) is 21.5 Å². The number of pyridine rings is 1. The van der Waals surface area contributed by atoms with Crippen molar-refractivity contribution in [2.24, 2.45) is 0 Å². The van der Waals surface area contributed by atoms with Crippen LogP contribution in [0.3, 0.4) is 0 Å². The molecular weight excluding hydrogens is 324 g/mol. The maximum absolute atomic E-state index is 12.1. The Morgan fingerprint density at radius 3 is 2.75 bits per heavy atom. The Labute approximate surface area is 123 Å². The molecule has 1 amide bonds. The second-order valence-corrected chi connectivity index (χ2v) is 5.25. The third kappa shape index (κ3) is 2.22. The van der Waals surface area contributed by atoms with Gasteiger partial charge in [0.05, 0.1) is 11.0 Å². The number of benzene rings is 1. The number of anilines is 1. The van der Waals surface area contributed by atoms with E-state index < -0.39 is 0 Å². The molecule has 0 unspecified atom stereocenters. The summed E-state index contributed by atoms with van der Waals surface area (Å²) in [5.74, 6) is 0.175. The maximum Gasteiger partial charge on any atom is 0.275 e. The molecule has 5 nitrogen and oxygen atoms in total. The molecule has 20 heavy (non-hydrogen) atoms. The van der Waals surface area contributed by atoms with Crippen LogP contribution in [0.25, 0.3) is 0 Å². The number of carbonyl (C=O) groups is 1. The van der Waals surface area contributed by atoms with Crippen LogP contribution in [0.1, 0.15) is 5.56 Å². The summed E-state index contributed by atoms with van der Waals surface area (Å²) in [5, 5.41) is 0. The topological polar surface area (TPSA) is 62.4 Å². The predicted octanol–water partition coefficient (Wildman–Crippen LogP) is 2.06. The largest absolute Gasteiger partial charge is 0.480 e. The summed E-state index contributed by atoms with van der Waals surface area (Å²) in [6.07, 6.45) is 1.51. The number of aromatic amines is 1. The first-order valence-electron chi connectivity index (χ1n) is 6.05. The van der Waals surface area contributed by atoms with Gasteiger partial charge in [-0.1, -0.05) is 30.3 Å². The van der Waals surface area contributed by atoms with Crippen molar-refractivity contribution in [2.45, 2.75) is 6.54 Å². The van der Waals surface area contributed by atoms with Crippen LogP contribution in [0.15, 0.2) is 45.8 Å². The Hall–Kier alpha value is -2.08. The van der Waals surface area contributed by atoms with Crippen molar-refractivity contribution < 1.29 is 9.53 Å². The van der Waals surface area contributed by atoms with E-state index in [4.69, 9.17) is 4.74 Å². The maximum atomic E-state index is 12.1. The molecule has 1 aromatic heterocycles. The zero-order valence-corrected chi connectivity index (χ0v) is 12.0. The van der Waals surface area contributed by atoms with E-state index >= 15 is 0 Å². The molecule has 1 N–H and O–H groups in total. The summed E-state index contributed by atoms with van der Waals surface area (Å²) in [5.41, 5.74) is 0.861. The second kappa shape index (κ2) is 5.13. The molecule has 0 fully saturated rings. The highest BCUT2D eigenvalue weighted by Crippen LogP contribution is 2.35. The number of halogens is 1. The van der Waals surface area contributed by atoms with E-state index in [-0.39, 0.29) is 23.8 Å². The summed E-state index contributed by atoms with van der Waals surface area (Å²) >= 11 is 3.32. The molecule has 0 saturated carbocycles. The molecule has 0 bridgehead atoms. The van der Waals surface area contributed by atoms with Gasteiger partial charge in [0, 0.05) is 6.20 Å². The molecule has 2 heterocycles. The van der Waals surface area contributed by atoms with Gasteiger partial charge in [-0.2, -0.15) is 0 Å². The Kier molecular flexibility index (Phi) is 3.31. The normalized spacial score (nSPS) is 13.8. The van der Waals surface area contributed by atoms with Crippen LogP contribution < -0.4 is 15.2 Å².